The van der Waals surface area contributed by atoms with Crippen LogP contribution in [0.25, 0.3) is 83.5 Å². The second kappa shape index (κ2) is 8.71. The molecular formula is C38H22N2S4. The molecule has 0 radical (unpaired) electrons. The van der Waals surface area contributed by atoms with E-state index in [2.05, 4.69) is 117 Å². The van der Waals surface area contributed by atoms with Crippen LogP contribution in [0.5, 0.6) is 0 Å². The van der Waals surface area contributed by atoms with E-state index in [0.29, 0.717) is 0 Å². The topological polar surface area (TPSA) is 9.86 Å². The summed E-state index contributed by atoms with van der Waals surface area (Å²) in [6.07, 6.45) is 2.13. The number of aromatic nitrogens is 2. The van der Waals surface area contributed by atoms with Gasteiger partial charge in [-0.1, -0.05) is 60.7 Å². The predicted octanol–water partition coefficient (Wildman–Crippen LogP) is 12.2. The third-order valence-corrected chi connectivity index (χ3v) is 13.6. The fourth-order valence-corrected chi connectivity index (χ4v) is 11.8. The Kier molecular flexibility index (Phi) is 4.78. The number of benzene rings is 4. The van der Waals surface area contributed by atoms with Crippen LogP contribution in [0, 0.1) is 0 Å². The lowest BCUT2D eigenvalue weighted by Gasteiger charge is -2.19. The molecule has 0 saturated carbocycles. The molecule has 208 valence electrons. The second-order valence-corrected chi connectivity index (χ2v) is 15.7. The van der Waals surface area contributed by atoms with E-state index in [-0.39, 0.29) is 0 Å². The van der Waals surface area contributed by atoms with Gasteiger partial charge in [-0.3, -0.25) is 4.57 Å². The summed E-state index contributed by atoms with van der Waals surface area (Å²) in [4.78, 5) is 0. The van der Waals surface area contributed by atoms with Crippen molar-refractivity contribution < 1.29 is 0 Å². The first-order valence-corrected chi connectivity index (χ1v) is 18.3. The van der Waals surface area contributed by atoms with Crippen LogP contribution in [0.4, 0.5) is 0 Å². The van der Waals surface area contributed by atoms with Gasteiger partial charge in [-0.2, -0.15) is 0 Å². The maximum atomic E-state index is 2.59. The molecule has 0 bridgehead atoms. The van der Waals surface area contributed by atoms with E-state index in [1.54, 1.807) is 0 Å². The summed E-state index contributed by atoms with van der Waals surface area (Å²) in [7, 11) is 0. The second-order valence-electron chi connectivity index (χ2n) is 11.7. The summed E-state index contributed by atoms with van der Waals surface area (Å²) in [5, 5.41) is 13.6. The van der Waals surface area contributed by atoms with Crippen molar-refractivity contribution in [2.24, 2.45) is 0 Å². The van der Waals surface area contributed by atoms with E-state index < -0.39 is 0 Å². The van der Waals surface area contributed by atoms with Crippen LogP contribution < -0.4 is 0 Å². The SMILES string of the molecule is c1ccc2c(c1)CCc1c-2n(-c2cc3sccc3s2)c2cc3c4ccc5ccccc5c4n(-c4cc5sccc5s4)c3cc12. The largest absolute Gasteiger partial charge is 0.300 e. The van der Waals surface area contributed by atoms with Gasteiger partial charge in [-0.25, -0.2) is 0 Å². The summed E-state index contributed by atoms with van der Waals surface area (Å²) in [5.41, 5.74) is 9.60. The van der Waals surface area contributed by atoms with Crippen LogP contribution >= 0.6 is 45.3 Å². The molecule has 10 aromatic rings. The highest BCUT2D eigenvalue weighted by atomic mass is 32.1. The van der Waals surface area contributed by atoms with E-state index in [1.165, 1.54) is 94.7 Å². The minimum Gasteiger partial charge on any atom is -0.300 e. The van der Waals surface area contributed by atoms with Crippen molar-refractivity contribution in [1.82, 2.24) is 9.13 Å². The molecule has 4 aromatic carbocycles. The van der Waals surface area contributed by atoms with Crippen molar-refractivity contribution in [3.05, 3.63) is 119 Å². The average Bonchev–Trinajstić information content (AvgIpc) is 3.88. The zero-order valence-corrected chi connectivity index (χ0v) is 26.6. The molecule has 44 heavy (non-hydrogen) atoms. The molecule has 0 atom stereocenters. The number of fused-ring (bicyclic) bond motifs is 12. The number of thiophene rings is 4. The summed E-state index contributed by atoms with van der Waals surface area (Å²) in [5.74, 6) is 0. The highest BCUT2D eigenvalue weighted by Gasteiger charge is 2.28. The summed E-state index contributed by atoms with van der Waals surface area (Å²) < 4.78 is 10.6. The molecule has 0 unspecified atom stereocenters. The number of nitrogens with zero attached hydrogens (tertiary/aromatic N) is 2. The third-order valence-electron chi connectivity index (χ3n) is 9.46. The van der Waals surface area contributed by atoms with Gasteiger partial charge >= 0.3 is 0 Å². The highest BCUT2D eigenvalue weighted by molar-refractivity contribution is 7.28. The van der Waals surface area contributed by atoms with Gasteiger partial charge in [0.05, 0.1) is 22.2 Å². The minimum atomic E-state index is 1.05. The fourth-order valence-electron chi connectivity index (χ4n) is 7.57. The Morgan fingerprint density at radius 2 is 1.23 bits per heavy atom. The Morgan fingerprint density at radius 1 is 0.523 bits per heavy atom. The predicted molar refractivity (Wildman–Crippen MR) is 194 cm³/mol. The molecule has 0 N–H and O–H groups in total. The number of hydrogen-bond acceptors (Lipinski definition) is 4. The summed E-state index contributed by atoms with van der Waals surface area (Å²) in [6, 6.07) is 36.9. The lowest BCUT2D eigenvalue weighted by Crippen LogP contribution is -2.05. The van der Waals surface area contributed by atoms with Gasteiger partial charge in [0.1, 0.15) is 10.0 Å². The van der Waals surface area contributed by atoms with Gasteiger partial charge in [-0.15, -0.1) is 45.3 Å². The number of hydrogen-bond donors (Lipinski definition) is 0. The molecule has 11 rings (SSSR count). The molecule has 1 aliphatic rings. The first-order chi connectivity index (χ1) is 21.8. The smallest absolute Gasteiger partial charge is 0.102 e. The third kappa shape index (κ3) is 3.13. The van der Waals surface area contributed by atoms with E-state index in [4.69, 9.17) is 0 Å². The fraction of sp³-hybridized carbons (Fsp3) is 0.0526. The van der Waals surface area contributed by atoms with E-state index in [1.807, 2.05) is 45.3 Å². The van der Waals surface area contributed by atoms with Gasteiger partial charge in [0.25, 0.3) is 0 Å². The standard InChI is InChI=1S/C38H22N2S4/c1-3-7-23-21(5-1)9-11-25-27-17-30-28(18-29(27)39(37(23)25)35-19-33-31(43-35)13-15-41-33)26-12-10-22-6-2-4-8-24(22)38(26)40(30)36-20-34-32(44-36)14-16-42-34/h1-9,11,13-20H,10,12H2. The summed E-state index contributed by atoms with van der Waals surface area (Å²) in [6.45, 7) is 0. The van der Waals surface area contributed by atoms with E-state index >= 15 is 0 Å². The molecule has 0 saturated heterocycles. The molecule has 2 nitrogen and oxygen atoms in total. The first kappa shape index (κ1) is 24.2. The van der Waals surface area contributed by atoms with Crippen LogP contribution in [0.1, 0.15) is 11.1 Å². The molecular weight excluding hydrogens is 613 g/mol. The Morgan fingerprint density at radius 3 is 2.05 bits per heavy atom. The zero-order chi connectivity index (χ0) is 28.5. The van der Waals surface area contributed by atoms with Gasteiger partial charge in [0.15, 0.2) is 0 Å². The lowest BCUT2D eigenvalue weighted by atomic mass is 9.89. The average molecular weight is 635 g/mol. The lowest BCUT2D eigenvalue weighted by molar-refractivity contribution is 0.936. The van der Waals surface area contributed by atoms with Gasteiger partial charge in [-0.05, 0) is 76.5 Å². The molecule has 6 aromatic heterocycles. The van der Waals surface area contributed by atoms with Gasteiger partial charge in [0.2, 0.25) is 0 Å². The molecule has 0 aliphatic heterocycles. The van der Waals surface area contributed by atoms with Crippen LogP contribution in [0.3, 0.4) is 0 Å². The molecule has 0 spiro atoms. The monoisotopic (exact) mass is 634 g/mol. The Labute approximate surface area is 268 Å². The van der Waals surface area contributed by atoms with Crippen molar-refractivity contribution in [3.8, 4) is 21.3 Å². The maximum absolute atomic E-state index is 2.59. The van der Waals surface area contributed by atoms with Crippen LogP contribution in [-0.4, -0.2) is 9.13 Å². The van der Waals surface area contributed by atoms with Gasteiger partial charge in [0, 0.05) is 45.9 Å². The first-order valence-electron chi connectivity index (χ1n) is 14.9. The van der Waals surface area contributed by atoms with E-state index in [0.717, 1.165) is 12.8 Å². The molecule has 6 heteroatoms. The van der Waals surface area contributed by atoms with Crippen LogP contribution in [-0.2, 0) is 12.8 Å². The number of aryl methyl sites for hydroxylation is 2. The van der Waals surface area contributed by atoms with Crippen molar-refractivity contribution in [2.45, 2.75) is 12.8 Å². The van der Waals surface area contributed by atoms with Crippen LogP contribution in [0.2, 0.25) is 0 Å². The summed E-state index contributed by atoms with van der Waals surface area (Å²) >= 11 is 7.48. The normalized spacial score (nSPS) is 13.3. The minimum absolute atomic E-state index is 1.05. The van der Waals surface area contributed by atoms with Crippen molar-refractivity contribution in [1.29, 1.82) is 0 Å². The number of rotatable bonds is 2. The van der Waals surface area contributed by atoms with Crippen molar-refractivity contribution in [3.63, 3.8) is 0 Å². The van der Waals surface area contributed by atoms with Crippen LogP contribution in [0.15, 0.2) is 108 Å². The Hall–Kier alpha value is -4.20. The highest BCUT2D eigenvalue weighted by Crippen LogP contribution is 2.48. The molecule has 0 fully saturated rings. The Balaban J connectivity index is 1.33. The maximum Gasteiger partial charge on any atom is 0.102 e. The Bertz CT molecular complexity index is 2730. The van der Waals surface area contributed by atoms with Crippen molar-refractivity contribution >= 4 is 108 Å². The van der Waals surface area contributed by atoms with Crippen molar-refractivity contribution in [2.75, 3.05) is 0 Å². The van der Waals surface area contributed by atoms with E-state index in [9.17, 15) is 0 Å². The molecule has 6 heterocycles. The zero-order valence-electron chi connectivity index (χ0n) is 23.3. The van der Waals surface area contributed by atoms with Gasteiger partial charge < -0.3 is 4.57 Å². The quantitative estimate of drug-likeness (QED) is 0.179. The molecule has 0 amide bonds. The molecule has 1 aliphatic carbocycles.